The van der Waals surface area contributed by atoms with Crippen LogP contribution in [0.25, 0.3) is 22.6 Å². The van der Waals surface area contributed by atoms with Gasteiger partial charge in [-0.05, 0) is 98.7 Å². The Kier molecular flexibility index (Phi) is 7.08. The predicted octanol–water partition coefficient (Wildman–Crippen LogP) is 5.40. The molecule has 0 saturated heterocycles. The predicted molar refractivity (Wildman–Crippen MR) is 136 cm³/mol. The van der Waals surface area contributed by atoms with Crippen molar-refractivity contribution in [3.05, 3.63) is 71.8 Å². The summed E-state index contributed by atoms with van der Waals surface area (Å²) < 4.78 is 16.9. The van der Waals surface area contributed by atoms with Crippen molar-refractivity contribution >= 4 is 40.0 Å². The Balaban J connectivity index is 1.35. The molecule has 4 aromatic rings. The monoisotopic (exact) mass is 475 g/mol. The van der Waals surface area contributed by atoms with Gasteiger partial charge in [-0.2, -0.15) is 0 Å². The SMILES string of the molecule is CCOc1ccc(-c2nc3cc(NC(=S)NC(=O)COc4ccc(C)c(C)c4)ccc3o2)cc1. The number of carbonyl (C=O) groups is 1. The molecule has 0 aliphatic rings. The zero-order chi connectivity index (χ0) is 24.1. The van der Waals surface area contributed by atoms with Crippen molar-refractivity contribution in [3.63, 3.8) is 0 Å². The van der Waals surface area contributed by atoms with E-state index in [4.69, 9.17) is 26.1 Å². The molecule has 4 rings (SSSR count). The smallest absolute Gasteiger partial charge is 0.264 e. The number of amides is 1. The van der Waals surface area contributed by atoms with E-state index in [0.29, 0.717) is 35.0 Å². The Labute approximate surface area is 203 Å². The molecule has 3 aromatic carbocycles. The summed E-state index contributed by atoms with van der Waals surface area (Å²) in [7, 11) is 0. The van der Waals surface area contributed by atoms with Crippen molar-refractivity contribution in [2.24, 2.45) is 0 Å². The molecule has 0 radical (unpaired) electrons. The fourth-order valence-electron chi connectivity index (χ4n) is 3.27. The average Bonchev–Trinajstić information content (AvgIpc) is 3.24. The van der Waals surface area contributed by atoms with Crippen LogP contribution >= 0.6 is 12.2 Å². The molecule has 7 nitrogen and oxygen atoms in total. The molecular formula is C26H25N3O4S. The van der Waals surface area contributed by atoms with Gasteiger partial charge < -0.3 is 19.2 Å². The van der Waals surface area contributed by atoms with Crippen molar-refractivity contribution in [2.45, 2.75) is 20.8 Å². The summed E-state index contributed by atoms with van der Waals surface area (Å²) in [4.78, 5) is 16.8. The quantitative estimate of drug-likeness (QED) is 0.346. The van der Waals surface area contributed by atoms with E-state index in [9.17, 15) is 4.79 Å². The van der Waals surface area contributed by atoms with Crippen molar-refractivity contribution in [1.82, 2.24) is 10.3 Å². The third-order valence-electron chi connectivity index (χ3n) is 5.16. The van der Waals surface area contributed by atoms with Crippen LogP contribution in [0.15, 0.2) is 65.1 Å². The number of aromatic nitrogens is 1. The molecule has 0 spiro atoms. The van der Waals surface area contributed by atoms with Crippen molar-refractivity contribution in [3.8, 4) is 23.0 Å². The minimum absolute atomic E-state index is 0.141. The molecule has 0 atom stereocenters. The molecule has 34 heavy (non-hydrogen) atoms. The number of benzene rings is 3. The lowest BCUT2D eigenvalue weighted by Gasteiger charge is -2.11. The maximum Gasteiger partial charge on any atom is 0.264 e. The van der Waals surface area contributed by atoms with Crippen LogP contribution < -0.4 is 20.1 Å². The highest BCUT2D eigenvalue weighted by atomic mass is 32.1. The lowest BCUT2D eigenvalue weighted by atomic mass is 10.1. The zero-order valence-corrected chi connectivity index (χ0v) is 20.0. The summed E-state index contributed by atoms with van der Waals surface area (Å²) in [5.74, 6) is 1.59. The largest absolute Gasteiger partial charge is 0.494 e. The summed E-state index contributed by atoms with van der Waals surface area (Å²) in [5.41, 5.74) is 5.11. The maximum atomic E-state index is 12.2. The van der Waals surface area contributed by atoms with Crippen molar-refractivity contribution < 1.29 is 18.7 Å². The highest BCUT2D eigenvalue weighted by Gasteiger charge is 2.11. The number of fused-ring (bicyclic) bond motifs is 1. The number of ether oxygens (including phenoxy) is 2. The summed E-state index contributed by atoms with van der Waals surface area (Å²) >= 11 is 5.26. The van der Waals surface area contributed by atoms with Crippen LogP contribution in [-0.4, -0.2) is 29.2 Å². The molecule has 0 saturated carbocycles. The summed E-state index contributed by atoms with van der Waals surface area (Å²) in [6.45, 7) is 6.43. The van der Waals surface area contributed by atoms with E-state index in [1.807, 2.05) is 63.2 Å². The summed E-state index contributed by atoms with van der Waals surface area (Å²) in [6.07, 6.45) is 0. The molecule has 1 amide bonds. The van der Waals surface area contributed by atoms with E-state index in [2.05, 4.69) is 15.6 Å². The van der Waals surface area contributed by atoms with Crippen molar-refractivity contribution in [2.75, 3.05) is 18.5 Å². The first-order chi connectivity index (χ1) is 16.4. The number of anilines is 1. The van der Waals surface area contributed by atoms with Crippen LogP contribution in [0.2, 0.25) is 0 Å². The van der Waals surface area contributed by atoms with Gasteiger partial charge in [-0.3, -0.25) is 10.1 Å². The fourth-order valence-corrected chi connectivity index (χ4v) is 3.50. The van der Waals surface area contributed by atoms with Crippen LogP contribution in [0.3, 0.4) is 0 Å². The van der Waals surface area contributed by atoms with Crippen molar-refractivity contribution in [1.29, 1.82) is 0 Å². The van der Waals surface area contributed by atoms with E-state index in [1.54, 1.807) is 18.2 Å². The fraction of sp³-hybridized carbons (Fsp3) is 0.192. The highest BCUT2D eigenvalue weighted by molar-refractivity contribution is 7.80. The molecule has 1 heterocycles. The van der Waals surface area contributed by atoms with E-state index in [1.165, 1.54) is 0 Å². The highest BCUT2D eigenvalue weighted by Crippen LogP contribution is 2.27. The molecule has 0 aliphatic carbocycles. The molecule has 174 valence electrons. The molecule has 8 heteroatoms. The third-order valence-corrected chi connectivity index (χ3v) is 5.36. The van der Waals surface area contributed by atoms with Gasteiger partial charge in [0.2, 0.25) is 5.89 Å². The first kappa shape index (κ1) is 23.3. The van der Waals surface area contributed by atoms with Gasteiger partial charge in [0, 0.05) is 11.3 Å². The lowest BCUT2D eigenvalue weighted by Crippen LogP contribution is -2.37. The third kappa shape index (κ3) is 5.71. The van der Waals surface area contributed by atoms with Gasteiger partial charge in [-0.25, -0.2) is 4.98 Å². The van der Waals surface area contributed by atoms with Gasteiger partial charge >= 0.3 is 0 Å². The van der Waals surface area contributed by atoms with E-state index < -0.39 is 0 Å². The minimum atomic E-state index is -0.351. The number of carbonyl (C=O) groups excluding carboxylic acids is 1. The lowest BCUT2D eigenvalue weighted by molar-refractivity contribution is -0.121. The molecule has 1 aromatic heterocycles. The van der Waals surface area contributed by atoms with Gasteiger partial charge in [0.1, 0.15) is 17.0 Å². The second kappa shape index (κ2) is 10.4. The number of nitrogens with one attached hydrogen (secondary N) is 2. The first-order valence-corrected chi connectivity index (χ1v) is 11.3. The number of nitrogens with zero attached hydrogens (tertiary/aromatic N) is 1. The molecule has 0 aliphatic heterocycles. The summed E-state index contributed by atoms with van der Waals surface area (Å²) in [6, 6.07) is 18.7. The average molecular weight is 476 g/mol. The number of hydrogen-bond donors (Lipinski definition) is 2. The first-order valence-electron chi connectivity index (χ1n) is 10.9. The number of thiocarbonyl (C=S) groups is 1. The van der Waals surface area contributed by atoms with E-state index in [-0.39, 0.29) is 17.6 Å². The Morgan fingerprint density at radius 3 is 2.47 bits per heavy atom. The molecule has 0 fully saturated rings. The second-order valence-electron chi connectivity index (χ2n) is 7.70. The Morgan fingerprint density at radius 1 is 0.971 bits per heavy atom. The topological polar surface area (TPSA) is 85.6 Å². The second-order valence-corrected chi connectivity index (χ2v) is 8.10. The van der Waals surface area contributed by atoms with Crippen LogP contribution in [0.5, 0.6) is 11.5 Å². The standard InChI is InChI=1S/C26H25N3O4S/c1-4-31-20-10-6-18(7-11-20)25-28-22-14-19(8-12-23(22)33-25)27-26(34)29-24(30)15-32-21-9-5-16(2)17(3)13-21/h5-14H,4,15H2,1-3H3,(H2,27,29,30,34). The van der Waals surface area contributed by atoms with Gasteiger partial charge in [0.25, 0.3) is 5.91 Å². The number of hydrogen-bond acceptors (Lipinski definition) is 6. The Morgan fingerprint density at radius 2 is 1.74 bits per heavy atom. The summed E-state index contributed by atoms with van der Waals surface area (Å²) in [5, 5.41) is 5.79. The number of aryl methyl sites for hydroxylation is 2. The Bertz CT molecular complexity index is 1330. The number of oxazole rings is 1. The van der Waals surface area contributed by atoms with Gasteiger partial charge in [-0.1, -0.05) is 6.07 Å². The van der Waals surface area contributed by atoms with Gasteiger partial charge in [-0.15, -0.1) is 0 Å². The zero-order valence-electron chi connectivity index (χ0n) is 19.2. The van der Waals surface area contributed by atoms with Crippen LogP contribution in [0.4, 0.5) is 5.69 Å². The van der Waals surface area contributed by atoms with Gasteiger partial charge in [0.05, 0.1) is 6.61 Å². The molecular weight excluding hydrogens is 450 g/mol. The minimum Gasteiger partial charge on any atom is -0.494 e. The molecule has 2 N–H and O–H groups in total. The molecule has 0 unspecified atom stereocenters. The van der Waals surface area contributed by atoms with Gasteiger partial charge in [0.15, 0.2) is 17.3 Å². The maximum absolute atomic E-state index is 12.2. The van der Waals surface area contributed by atoms with E-state index in [0.717, 1.165) is 22.4 Å². The van der Waals surface area contributed by atoms with Crippen LogP contribution in [-0.2, 0) is 4.79 Å². The Hall–Kier alpha value is -3.91. The molecule has 0 bridgehead atoms. The number of rotatable bonds is 7. The van der Waals surface area contributed by atoms with Crippen LogP contribution in [0, 0.1) is 13.8 Å². The van der Waals surface area contributed by atoms with E-state index >= 15 is 0 Å². The van der Waals surface area contributed by atoms with Crippen LogP contribution in [0.1, 0.15) is 18.1 Å². The normalized spacial score (nSPS) is 10.7.